The van der Waals surface area contributed by atoms with Crippen molar-refractivity contribution in [1.29, 1.82) is 0 Å². The van der Waals surface area contributed by atoms with Crippen LogP contribution in [0.2, 0.25) is 0 Å². The van der Waals surface area contributed by atoms with Crippen LogP contribution in [-0.4, -0.2) is 0 Å². The van der Waals surface area contributed by atoms with E-state index in [2.05, 4.69) is 65.5 Å². The van der Waals surface area contributed by atoms with Gasteiger partial charge in [0.15, 0.2) is 0 Å². The van der Waals surface area contributed by atoms with Gasteiger partial charge in [-0.3, -0.25) is 0 Å². The molecule has 0 aliphatic heterocycles. The molecule has 0 heteroatoms. The molecule has 0 bridgehead atoms. The van der Waals surface area contributed by atoms with Crippen LogP contribution in [0.25, 0.3) is 5.57 Å². The Morgan fingerprint density at radius 1 is 1.26 bits per heavy atom. The van der Waals surface area contributed by atoms with E-state index in [1.165, 1.54) is 27.8 Å². The number of aryl methyl sites for hydroxylation is 1. The van der Waals surface area contributed by atoms with E-state index >= 15 is 0 Å². The number of rotatable bonds is 3. The number of benzene rings is 1. The summed E-state index contributed by atoms with van der Waals surface area (Å²) in [5, 5.41) is 0. The molecular weight excluding hydrogens is 228 g/mol. The van der Waals surface area contributed by atoms with Crippen molar-refractivity contribution in [3.63, 3.8) is 0 Å². The number of fused-ring (bicyclic) bond motifs is 1. The largest absolute Gasteiger partial charge is 0.0912 e. The highest BCUT2D eigenvalue weighted by Gasteiger charge is 2.29. The molecule has 0 fully saturated rings. The fraction of sp³-hybridized carbons (Fsp3) is 0.474. The quantitative estimate of drug-likeness (QED) is 0.675. The minimum absolute atomic E-state index is 0.239. The van der Waals surface area contributed by atoms with Crippen molar-refractivity contribution in [3.8, 4) is 0 Å². The van der Waals surface area contributed by atoms with Crippen LogP contribution in [0.4, 0.5) is 0 Å². The molecule has 1 aromatic carbocycles. The van der Waals surface area contributed by atoms with Gasteiger partial charge in [-0.25, -0.2) is 0 Å². The third-order valence-corrected chi connectivity index (χ3v) is 4.92. The lowest BCUT2D eigenvalue weighted by Crippen LogP contribution is -2.25. The second-order valence-corrected chi connectivity index (χ2v) is 6.59. The van der Waals surface area contributed by atoms with E-state index < -0.39 is 0 Å². The Kier molecular flexibility index (Phi) is 3.71. The van der Waals surface area contributed by atoms with Crippen LogP contribution in [0.5, 0.6) is 0 Å². The summed E-state index contributed by atoms with van der Waals surface area (Å²) in [4.78, 5) is 0. The predicted octanol–water partition coefficient (Wildman–Crippen LogP) is 5.43. The van der Waals surface area contributed by atoms with E-state index in [-0.39, 0.29) is 5.41 Å². The first-order chi connectivity index (χ1) is 8.86. The van der Waals surface area contributed by atoms with Crippen LogP contribution >= 0.6 is 0 Å². The topological polar surface area (TPSA) is 0 Å². The van der Waals surface area contributed by atoms with Gasteiger partial charge in [0.05, 0.1) is 0 Å². The maximum Gasteiger partial charge on any atom is -0.00521 e. The van der Waals surface area contributed by atoms with Gasteiger partial charge in [-0.2, -0.15) is 0 Å². The lowest BCUT2D eigenvalue weighted by atomic mass is 9.69. The lowest BCUT2D eigenvalue weighted by molar-refractivity contribution is 0.304. The molecule has 0 atom stereocenters. The Hall–Kier alpha value is -1.30. The fourth-order valence-electron chi connectivity index (χ4n) is 2.66. The van der Waals surface area contributed by atoms with E-state index in [1.54, 1.807) is 0 Å². The number of hydrogen-bond donors (Lipinski definition) is 0. The zero-order chi connectivity index (χ0) is 14.2. The molecule has 0 saturated carbocycles. The average Bonchev–Trinajstić information content (AvgIpc) is 2.37. The third-order valence-electron chi connectivity index (χ3n) is 4.92. The maximum absolute atomic E-state index is 4.26. The Morgan fingerprint density at radius 3 is 2.53 bits per heavy atom. The minimum Gasteiger partial charge on any atom is -0.0912 e. The Morgan fingerprint density at radius 2 is 1.95 bits per heavy atom. The first kappa shape index (κ1) is 14.1. The van der Waals surface area contributed by atoms with Gasteiger partial charge in [-0.05, 0) is 46.4 Å². The molecule has 1 aromatic rings. The molecule has 19 heavy (non-hydrogen) atoms. The summed E-state index contributed by atoms with van der Waals surface area (Å²) in [5.41, 5.74) is 7.15. The zero-order valence-corrected chi connectivity index (χ0v) is 13.0. The molecule has 0 N–H and O–H groups in total. The van der Waals surface area contributed by atoms with Crippen LogP contribution < -0.4 is 0 Å². The van der Waals surface area contributed by atoms with Gasteiger partial charge < -0.3 is 0 Å². The molecule has 0 saturated heterocycles. The maximum atomic E-state index is 4.26. The second kappa shape index (κ2) is 5.00. The van der Waals surface area contributed by atoms with Gasteiger partial charge in [0, 0.05) is 0 Å². The van der Waals surface area contributed by atoms with Crippen molar-refractivity contribution in [2.45, 2.75) is 47.5 Å². The van der Waals surface area contributed by atoms with Gasteiger partial charge in [-0.1, -0.05) is 71.0 Å². The molecule has 2 rings (SSSR count). The van der Waals surface area contributed by atoms with Crippen LogP contribution in [0.15, 0.2) is 36.4 Å². The smallest absolute Gasteiger partial charge is 0.00521 e. The predicted molar refractivity (Wildman–Crippen MR) is 85.3 cm³/mol. The van der Waals surface area contributed by atoms with E-state index in [1.807, 2.05) is 0 Å². The van der Waals surface area contributed by atoms with Crippen LogP contribution in [0.3, 0.4) is 0 Å². The highest BCUT2D eigenvalue weighted by atomic mass is 14.3. The molecule has 0 amide bonds. The van der Waals surface area contributed by atoms with Gasteiger partial charge in [0.2, 0.25) is 0 Å². The van der Waals surface area contributed by atoms with Crippen molar-refractivity contribution < 1.29 is 0 Å². The van der Waals surface area contributed by atoms with Crippen LogP contribution in [-0.2, 0) is 12.8 Å². The zero-order valence-electron chi connectivity index (χ0n) is 13.0. The standard InChI is InChI=1S/C19H26/c1-7-15-8-9-18-14(4)10-17(12-16(18)11-15)19(5,6)13(2)3/h8-11,13H,4,7,12H2,1-3,5-6H3. The summed E-state index contributed by atoms with van der Waals surface area (Å²) >= 11 is 0. The minimum atomic E-state index is 0.239. The van der Waals surface area contributed by atoms with E-state index in [0.29, 0.717) is 5.92 Å². The van der Waals surface area contributed by atoms with Crippen molar-refractivity contribution in [2.24, 2.45) is 11.3 Å². The monoisotopic (exact) mass is 254 g/mol. The highest BCUT2D eigenvalue weighted by molar-refractivity contribution is 5.78. The van der Waals surface area contributed by atoms with E-state index in [4.69, 9.17) is 0 Å². The molecule has 1 aliphatic carbocycles. The molecule has 1 aliphatic rings. The number of allylic oxidation sites excluding steroid dienone is 3. The Labute approximate surface area is 118 Å². The Bertz CT molecular complexity index is 527. The lowest BCUT2D eigenvalue weighted by Gasteiger charge is -2.35. The fourth-order valence-corrected chi connectivity index (χ4v) is 2.66. The van der Waals surface area contributed by atoms with Crippen molar-refractivity contribution in [3.05, 3.63) is 53.1 Å². The van der Waals surface area contributed by atoms with E-state index in [9.17, 15) is 0 Å². The van der Waals surface area contributed by atoms with Crippen LogP contribution in [0.1, 0.15) is 51.3 Å². The van der Waals surface area contributed by atoms with Crippen molar-refractivity contribution in [2.75, 3.05) is 0 Å². The molecule has 0 aromatic heterocycles. The second-order valence-electron chi connectivity index (χ2n) is 6.59. The molecule has 0 nitrogen and oxygen atoms in total. The van der Waals surface area contributed by atoms with Gasteiger partial charge in [0.25, 0.3) is 0 Å². The summed E-state index contributed by atoms with van der Waals surface area (Å²) in [5.74, 6) is 0.641. The first-order valence-electron chi connectivity index (χ1n) is 7.38. The number of hydrogen-bond acceptors (Lipinski definition) is 0. The normalized spacial score (nSPS) is 15.5. The van der Waals surface area contributed by atoms with Gasteiger partial charge in [-0.15, -0.1) is 0 Å². The first-order valence-corrected chi connectivity index (χ1v) is 7.38. The summed E-state index contributed by atoms with van der Waals surface area (Å²) in [6, 6.07) is 6.84. The third kappa shape index (κ3) is 2.54. The molecule has 102 valence electrons. The molecular formula is C19H26. The molecule has 0 spiro atoms. The highest BCUT2D eigenvalue weighted by Crippen LogP contribution is 2.41. The summed E-state index contributed by atoms with van der Waals surface area (Å²) < 4.78 is 0. The summed E-state index contributed by atoms with van der Waals surface area (Å²) in [7, 11) is 0. The SMILES string of the molecule is C=C1C=C(C(C)(C)C(C)C)Cc2cc(CC)ccc21. The molecule has 0 radical (unpaired) electrons. The van der Waals surface area contributed by atoms with Crippen molar-refractivity contribution >= 4 is 5.57 Å². The van der Waals surface area contributed by atoms with Gasteiger partial charge in [0.1, 0.15) is 0 Å². The summed E-state index contributed by atoms with van der Waals surface area (Å²) in [6.07, 6.45) is 4.49. The van der Waals surface area contributed by atoms with Gasteiger partial charge >= 0.3 is 0 Å². The van der Waals surface area contributed by atoms with Crippen molar-refractivity contribution in [1.82, 2.24) is 0 Å². The van der Waals surface area contributed by atoms with Crippen LogP contribution in [0, 0.1) is 11.3 Å². The average molecular weight is 254 g/mol. The van der Waals surface area contributed by atoms with E-state index in [0.717, 1.165) is 12.8 Å². The molecule has 0 unspecified atom stereocenters. The Balaban J connectivity index is 2.42. The molecule has 0 heterocycles. The summed E-state index contributed by atoms with van der Waals surface area (Å²) in [6.45, 7) is 15.8.